The van der Waals surface area contributed by atoms with Crippen LogP contribution in [0.3, 0.4) is 0 Å². The van der Waals surface area contributed by atoms with Gasteiger partial charge in [-0.2, -0.15) is 0 Å². The molecule has 3 nitrogen and oxygen atoms in total. The highest BCUT2D eigenvalue weighted by molar-refractivity contribution is 6.31. The molecule has 0 fully saturated rings. The summed E-state index contributed by atoms with van der Waals surface area (Å²) in [5, 5.41) is 1.78. The molecule has 0 saturated carbocycles. The fourth-order valence-electron chi connectivity index (χ4n) is 1.79. The molecule has 1 aromatic heterocycles. The minimum absolute atomic E-state index is 0.674. The Bertz CT molecular complexity index is 519. The number of H-pyrrole nitrogens is 1. The summed E-state index contributed by atoms with van der Waals surface area (Å²) in [4.78, 5) is 5.39. The van der Waals surface area contributed by atoms with Gasteiger partial charge in [0.1, 0.15) is 12.4 Å². The molecule has 0 spiro atoms. The van der Waals surface area contributed by atoms with Crippen molar-refractivity contribution in [3.63, 3.8) is 0 Å². The van der Waals surface area contributed by atoms with Gasteiger partial charge < -0.3 is 14.6 Å². The molecule has 0 atom stereocenters. The van der Waals surface area contributed by atoms with Crippen molar-refractivity contribution < 1.29 is 4.74 Å². The number of aryl methyl sites for hydroxylation is 1. The lowest BCUT2D eigenvalue weighted by atomic mass is 10.2. The summed E-state index contributed by atoms with van der Waals surface area (Å²) in [5.74, 6) is 0.907. The normalized spacial score (nSPS) is 11.4. The van der Waals surface area contributed by atoms with Gasteiger partial charge in [0.15, 0.2) is 0 Å². The Kier molecular flexibility index (Phi) is 3.60. The maximum absolute atomic E-state index is 6.01. The number of aromatic nitrogens is 1. The predicted octanol–water partition coefficient (Wildman–Crippen LogP) is 3.07. The van der Waals surface area contributed by atoms with Crippen LogP contribution in [0, 0.1) is 6.92 Å². The van der Waals surface area contributed by atoms with Crippen LogP contribution in [0.15, 0.2) is 18.2 Å². The van der Waals surface area contributed by atoms with E-state index in [4.69, 9.17) is 16.3 Å². The van der Waals surface area contributed by atoms with Crippen LogP contribution in [0.5, 0.6) is 5.75 Å². The standard InChI is InChI=1S/C13H17ClN2O/c1-9-13(17-7-6-16(2)3)11-8-10(14)4-5-12(11)15-9/h4-5,8,15H,6-7H2,1-3H3. The van der Waals surface area contributed by atoms with E-state index in [1.165, 1.54) is 0 Å². The Morgan fingerprint density at radius 3 is 2.82 bits per heavy atom. The van der Waals surface area contributed by atoms with E-state index in [1.54, 1.807) is 0 Å². The molecular weight excluding hydrogens is 236 g/mol. The number of hydrogen-bond acceptors (Lipinski definition) is 2. The van der Waals surface area contributed by atoms with E-state index in [0.29, 0.717) is 6.61 Å². The lowest BCUT2D eigenvalue weighted by Crippen LogP contribution is -2.19. The topological polar surface area (TPSA) is 28.3 Å². The number of rotatable bonds is 4. The molecule has 0 radical (unpaired) electrons. The second-order valence-corrected chi connectivity index (χ2v) is 4.86. The lowest BCUT2D eigenvalue weighted by molar-refractivity contribution is 0.262. The Labute approximate surface area is 106 Å². The van der Waals surface area contributed by atoms with Crippen LogP contribution in [0.1, 0.15) is 5.69 Å². The third-order valence-corrected chi connectivity index (χ3v) is 2.91. The second-order valence-electron chi connectivity index (χ2n) is 4.42. The average molecular weight is 253 g/mol. The smallest absolute Gasteiger partial charge is 0.147 e. The largest absolute Gasteiger partial charge is 0.490 e. The summed E-state index contributed by atoms with van der Waals surface area (Å²) in [6, 6.07) is 5.79. The van der Waals surface area contributed by atoms with Gasteiger partial charge in [-0.15, -0.1) is 0 Å². The highest BCUT2D eigenvalue weighted by Gasteiger charge is 2.09. The number of aromatic amines is 1. The molecule has 2 aromatic rings. The van der Waals surface area contributed by atoms with Crippen molar-refractivity contribution in [2.45, 2.75) is 6.92 Å². The SMILES string of the molecule is Cc1[nH]c2ccc(Cl)cc2c1OCCN(C)C. The summed E-state index contributed by atoms with van der Waals surface area (Å²) < 4.78 is 5.82. The third kappa shape index (κ3) is 2.73. The monoisotopic (exact) mass is 252 g/mol. The first-order valence-electron chi connectivity index (χ1n) is 5.63. The Balaban J connectivity index is 2.26. The van der Waals surface area contributed by atoms with Crippen molar-refractivity contribution in [2.75, 3.05) is 27.2 Å². The summed E-state index contributed by atoms with van der Waals surface area (Å²) in [7, 11) is 4.06. The number of nitrogens with zero attached hydrogens (tertiary/aromatic N) is 1. The summed E-state index contributed by atoms with van der Waals surface area (Å²) >= 11 is 6.01. The number of ether oxygens (including phenoxy) is 1. The van der Waals surface area contributed by atoms with Crippen molar-refractivity contribution >= 4 is 22.5 Å². The van der Waals surface area contributed by atoms with Crippen molar-refractivity contribution in [2.24, 2.45) is 0 Å². The summed E-state index contributed by atoms with van der Waals surface area (Å²) in [5.41, 5.74) is 2.10. The van der Waals surface area contributed by atoms with Crippen LogP contribution in [-0.4, -0.2) is 37.1 Å². The summed E-state index contributed by atoms with van der Waals surface area (Å²) in [6.45, 7) is 3.58. The van der Waals surface area contributed by atoms with Crippen LogP contribution < -0.4 is 4.74 Å². The van der Waals surface area contributed by atoms with Gasteiger partial charge in [-0.3, -0.25) is 0 Å². The molecule has 0 aliphatic carbocycles. The van der Waals surface area contributed by atoms with Crippen molar-refractivity contribution in [3.05, 3.63) is 28.9 Å². The predicted molar refractivity (Wildman–Crippen MR) is 72.1 cm³/mol. The zero-order valence-electron chi connectivity index (χ0n) is 10.4. The number of benzene rings is 1. The van der Waals surface area contributed by atoms with E-state index >= 15 is 0 Å². The minimum Gasteiger partial charge on any atom is -0.490 e. The quantitative estimate of drug-likeness (QED) is 0.906. The van der Waals surface area contributed by atoms with Gasteiger partial charge in [0.2, 0.25) is 0 Å². The first-order valence-corrected chi connectivity index (χ1v) is 6.01. The minimum atomic E-state index is 0.674. The first-order chi connectivity index (χ1) is 8.08. The van der Waals surface area contributed by atoms with Crippen molar-refractivity contribution in [3.8, 4) is 5.75 Å². The number of hydrogen-bond donors (Lipinski definition) is 1. The molecule has 0 amide bonds. The molecule has 0 saturated heterocycles. The van der Waals surface area contributed by atoms with E-state index in [1.807, 2.05) is 39.2 Å². The molecule has 0 aliphatic rings. The van der Waals surface area contributed by atoms with E-state index < -0.39 is 0 Å². The molecule has 1 N–H and O–H groups in total. The van der Waals surface area contributed by atoms with Gasteiger partial charge in [0, 0.05) is 22.5 Å². The molecule has 0 aliphatic heterocycles. The van der Waals surface area contributed by atoms with Gasteiger partial charge in [-0.05, 0) is 39.2 Å². The molecule has 2 rings (SSSR count). The van der Waals surface area contributed by atoms with Crippen LogP contribution in [0.25, 0.3) is 10.9 Å². The maximum atomic E-state index is 6.01. The molecule has 0 unspecified atom stereocenters. The molecule has 17 heavy (non-hydrogen) atoms. The number of nitrogens with one attached hydrogen (secondary N) is 1. The zero-order chi connectivity index (χ0) is 12.4. The molecule has 1 heterocycles. The Hall–Kier alpha value is -1.19. The van der Waals surface area contributed by atoms with Gasteiger partial charge in [0.05, 0.1) is 5.69 Å². The summed E-state index contributed by atoms with van der Waals surface area (Å²) in [6.07, 6.45) is 0. The average Bonchev–Trinajstić information content (AvgIpc) is 2.55. The lowest BCUT2D eigenvalue weighted by Gasteiger charge is -2.11. The van der Waals surface area contributed by atoms with Crippen LogP contribution in [0.2, 0.25) is 5.02 Å². The number of likely N-dealkylation sites (N-methyl/N-ethyl adjacent to an activating group) is 1. The highest BCUT2D eigenvalue weighted by atomic mass is 35.5. The van der Waals surface area contributed by atoms with Gasteiger partial charge in [0.25, 0.3) is 0 Å². The first kappa shape index (κ1) is 12.3. The maximum Gasteiger partial charge on any atom is 0.147 e. The van der Waals surface area contributed by atoms with Gasteiger partial charge in [-0.1, -0.05) is 11.6 Å². The van der Waals surface area contributed by atoms with Crippen molar-refractivity contribution in [1.82, 2.24) is 9.88 Å². The molecule has 1 aromatic carbocycles. The van der Waals surface area contributed by atoms with Crippen LogP contribution >= 0.6 is 11.6 Å². The van der Waals surface area contributed by atoms with Gasteiger partial charge >= 0.3 is 0 Å². The van der Waals surface area contributed by atoms with Crippen LogP contribution in [0.4, 0.5) is 0 Å². The van der Waals surface area contributed by atoms with Crippen LogP contribution in [-0.2, 0) is 0 Å². The number of fused-ring (bicyclic) bond motifs is 1. The fraction of sp³-hybridized carbons (Fsp3) is 0.385. The van der Waals surface area contributed by atoms with Crippen molar-refractivity contribution in [1.29, 1.82) is 0 Å². The fourth-order valence-corrected chi connectivity index (χ4v) is 1.96. The third-order valence-electron chi connectivity index (χ3n) is 2.67. The Morgan fingerprint density at radius 2 is 2.12 bits per heavy atom. The molecule has 4 heteroatoms. The second kappa shape index (κ2) is 4.98. The van der Waals surface area contributed by atoms with E-state index in [9.17, 15) is 0 Å². The van der Waals surface area contributed by atoms with E-state index in [-0.39, 0.29) is 0 Å². The van der Waals surface area contributed by atoms with Gasteiger partial charge in [-0.25, -0.2) is 0 Å². The highest BCUT2D eigenvalue weighted by Crippen LogP contribution is 2.31. The Morgan fingerprint density at radius 1 is 1.35 bits per heavy atom. The zero-order valence-corrected chi connectivity index (χ0v) is 11.1. The van der Waals surface area contributed by atoms with E-state index in [2.05, 4.69) is 9.88 Å². The van der Waals surface area contributed by atoms with E-state index in [0.717, 1.165) is 33.9 Å². The molecule has 0 bridgehead atoms. The molecular formula is C13H17ClN2O. The number of halogens is 1. The molecule has 92 valence electrons.